The summed E-state index contributed by atoms with van der Waals surface area (Å²) in [7, 11) is 0. The Morgan fingerprint density at radius 2 is 1.83 bits per heavy atom. The Hall–Kier alpha value is -2.85. The van der Waals surface area contributed by atoms with Crippen LogP contribution in [0.15, 0.2) is 40.8 Å². The van der Waals surface area contributed by atoms with Crippen molar-refractivity contribution in [2.45, 2.75) is 6.18 Å². The molecule has 0 bridgehead atoms. The number of furan rings is 1. The topological polar surface area (TPSA) is 83.8 Å². The molecule has 1 aromatic carbocycles. The average molecular weight is 425 g/mol. The second-order valence-corrected chi connectivity index (χ2v) is 6.73. The zero-order valence-corrected chi connectivity index (χ0v) is 16.1. The monoisotopic (exact) mass is 425 g/mol. The molecule has 2 N–H and O–H groups in total. The Bertz CT molecular complexity index is 876. The van der Waals surface area contributed by atoms with Gasteiger partial charge in [0.1, 0.15) is 5.76 Å². The predicted molar refractivity (Wildman–Crippen MR) is 102 cm³/mol. The summed E-state index contributed by atoms with van der Waals surface area (Å²) in [5.74, 6) is -0.942. The highest BCUT2D eigenvalue weighted by molar-refractivity contribution is 5.94. The highest BCUT2D eigenvalue weighted by Crippen LogP contribution is 2.32. The molecule has 1 aliphatic rings. The number of ether oxygens (including phenoxy) is 1. The van der Waals surface area contributed by atoms with E-state index in [4.69, 9.17) is 9.15 Å². The normalized spacial score (nSPS) is 15.0. The fourth-order valence-corrected chi connectivity index (χ4v) is 2.95. The largest absolute Gasteiger partial charge is 0.451 e. The quantitative estimate of drug-likeness (QED) is 0.710. The summed E-state index contributed by atoms with van der Waals surface area (Å²) >= 11 is 0. The minimum Gasteiger partial charge on any atom is -0.451 e. The Morgan fingerprint density at radius 1 is 1.07 bits per heavy atom. The minimum absolute atomic E-state index is 0.0940. The lowest BCUT2D eigenvalue weighted by Gasteiger charge is -2.26. The number of rotatable bonds is 7. The van der Waals surface area contributed by atoms with Crippen LogP contribution in [0.25, 0.3) is 11.3 Å². The van der Waals surface area contributed by atoms with Crippen LogP contribution in [0.2, 0.25) is 0 Å². The highest BCUT2D eigenvalue weighted by Gasteiger charge is 2.30. The van der Waals surface area contributed by atoms with E-state index in [1.54, 1.807) is 0 Å². The lowest BCUT2D eigenvalue weighted by atomic mass is 10.1. The molecule has 1 fully saturated rings. The van der Waals surface area contributed by atoms with Crippen LogP contribution < -0.4 is 10.6 Å². The second-order valence-electron chi connectivity index (χ2n) is 6.73. The third kappa shape index (κ3) is 6.07. The van der Waals surface area contributed by atoms with Gasteiger partial charge >= 0.3 is 6.18 Å². The van der Waals surface area contributed by atoms with Crippen LogP contribution in [-0.2, 0) is 15.7 Å². The third-order valence-electron chi connectivity index (χ3n) is 4.57. The van der Waals surface area contributed by atoms with E-state index >= 15 is 0 Å². The first-order chi connectivity index (χ1) is 14.3. The van der Waals surface area contributed by atoms with Crippen molar-refractivity contribution in [2.24, 2.45) is 0 Å². The molecule has 0 saturated carbocycles. The van der Waals surface area contributed by atoms with Gasteiger partial charge < -0.3 is 19.8 Å². The molecule has 30 heavy (non-hydrogen) atoms. The van der Waals surface area contributed by atoms with Crippen LogP contribution >= 0.6 is 0 Å². The molecule has 0 aliphatic carbocycles. The van der Waals surface area contributed by atoms with E-state index in [1.807, 2.05) is 0 Å². The molecule has 0 spiro atoms. The summed E-state index contributed by atoms with van der Waals surface area (Å²) in [5, 5.41) is 5.14. The van der Waals surface area contributed by atoms with Crippen LogP contribution in [0.5, 0.6) is 0 Å². The van der Waals surface area contributed by atoms with Gasteiger partial charge in [-0.15, -0.1) is 0 Å². The molecule has 0 atom stereocenters. The van der Waals surface area contributed by atoms with Gasteiger partial charge in [-0.1, -0.05) is 12.1 Å². The van der Waals surface area contributed by atoms with Crippen molar-refractivity contribution in [3.05, 3.63) is 47.7 Å². The Balaban J connectivity index is 1.47. The molecule has 1 aromatic heterocycles. The number of alkyl halides is 3. The number of carbonyl (C=O) groups is 2. The van der Waals surface area contributed by atoms with Crippen LogP contribution in [0.1, 0.15) is 16.1 Å². The van der Waals surface area contributed by atoms with E-state index in [9.17, 15) is 22.8 Å². The standard InChI is InChI=1S/C20H22F3N3O4/c21-20(22,23)15-3-1-2-14(12-15)16-4-5-17(30-16)19(28)25-13-18(27)24-6-7-26-8-10-29-11-9-26/h1-5,12H,6-11,13H2,(H,24,27)(H,25,28). The fourth-order valence-electron chi connectivity index (χ4n) is 2.95. The number of nitrogens with zero attached hydrogens (tertiary/aromatic N) is 1. The van der Waals surface area contributed by atoms with Gasteiger partial charge in [0.2, 0.25) is 5.91 Å². The number of benzene rings is 1. The average Bonchev–Trinajstić information content (AvgIpc) is 3.23. The van der Waals surface area contributed by atoms with E-state index in [0.29, 0.717) is 26.3 Å². The molecule has 2 heterocycles. The van der Waals surface area contributed by atoms with E-state index in [1.165, 1.54) is 24.3 Å². The first-order valence-corrected chi connectivity index (χ1v) is 9.45. The maximum Gasteiger partial charge on any atom is 0.416 e. The van der Waals surface area contributed by atoms with Crippen LogP contribution in [0.3, 0.4) is 0 Å². The number of hydrogen-bond donors (Lipinski definition) is 2. The van der Waals surface area contributed by atoms with Gasteiger partial charge in [-0.25, -0.2) is 0 Å². The van der Waals surface area contributed by atoms with E-state index in [0.717, 1.165) is 25.2 Å². The summed E-state index contributed by atoms with van der Waals surface area (Å²) in [5.41, 5.74) is -0.610. The molecular formula is C20H22F3N3O4. The molecular weight excluding hydrogens is 403 g/mol. The van der Waals surface area contributed by atoms with E-state index < -0.39 is 17.6 Å². The first kappa shape index (κ1) is 21.8. The van der Waals surface area contributed by atoms with Crippen LogP contribution in [-0.4, -0.2) is 62.7 Å². The molecule has 0 radical (unpaired) electrons. The first-order valence-electron chi connectivity index (χ1n) is 9.45. The van der Waals surface area contributed by atoms with Crippen molar-refractivity contribution in [2.75, 3.05) is 45.9 Å². The number of hydrogen-bond acceptors (Lipinski definition) is 5. The summed E-state index contributed by atoms with van der Waals surface area (Å²) < 4.78 is 49.2. The van der Waals surface area contributed by atoms with Crippen molar-refractivity contribution in [1.29, 1.82) is 0 Å². The van der Waals surface area contributed by atoms with Gasteiger partial charge in [0.05, 0.1) is 25.3 Å². The Morgan fingerprint density at radius 3 is 2.57 bits per heavy atom. The third-order valence-corrected chi connectivity index (χ3v) is 4.57. The lowest BCUT2D eigenvalue weighted by molar-refractivity contribution is -0.137. The van der Waals surface area contributed by atoms with Gasteiger partial charge in [0, 0.05) is 31.7 Å². The van der Waals surface area contributed by atoms with Crippen molar-refractivity contribution >= 4 is 11.8 Å². The fraction of sp³-hybridized carbons (Fsp3) is 0.400. The molecule has 10 heteroatoms. The molecule has 1 saturated heterocycles. The SMILES string of the molecule is O=C(CNC(=O)c1ccc(-c2cccc(C(F)(F)F)c2)o1)NCCN1CCOCC1. The number of halogens is 3. The molecule has 1 aliphatic heterocycles. The van der Waals surface area contributed by atoms with E-state index in [-0.39, 0.29) is 29.5 Å². The van der Waals surface area contributed by atoms with Crippen molar-refractivity contribution < 1.29 is 31.9 Å². The number of nitrogens with one attached hydrogen (secondary N) is 2. The summed E-state index contributed by atoms with van der Waals surface area (Å²) in [6, 6.07) is 7.38. The Labute approximate surface area is 171 Å². The van der Waals surface area contributed by atoms with Crippen molar-refractivity contribution in [3.8, 4) is 11.3 Å². The van der Waals surface area contributed by atoms with Crippen molar-refractivity contribution in [1.82, 2.24) is 15.5 Å². The van der Waals surface area contributed by atoms with Crippen molar-refractivity contribution in [3.63, 3.8) is 0 Å². The second kappa shape index (κ2) is 9.77. The van der Waals surface area contributed by atoms with Gasteiger partial charge in [0.25, 0.3) is 5.91 Å². The molecule has 162 valence electrons. The zero-order valence-electron chi connectivity index (χ0n) is 16.1. The number of amides is 2. The van der Waals surface area contributed by atoms with Crippen LogP contribution in [0, 0.1) is 0 Å². The van der Waals surface area contributed by atoms with Gasteiger partial charge in [-0.2, -0.15) is 13.2 Å². The lowest BCUT2D eigenvalue weighted by Crippen LogP contribution is -2.43. The summed E-state index contributed by atoms with van der Waals surface area (Å²) in [6.07, 6.45) is -4.47. The minimum atomic E-state index is -4.47. The molecule has 0 unspecified atom stereocenters. The van der Waals surface area contributed by atoms with Crippen LogP contribution in [0.4, 0.5) is 13.2 Å². The summed E-state index contributed by atoms with van der Waals surface area (Å²) in [6.45, 7) is 3.90. The zero-order chi connectivity index (χ0) is 21.6. The smallest absolute Gasteiger partial charge is 0.416 e. The number of morpholine rings is 1. The number of carbonyl (C=O) groups excluding carboxylic acids is 2. The summed E-state index contributed by atoms with van der Waals surface area (Å²) in [4.78, 5) is 26.2. The maximum absolute atomic E-state index is 12.8. The maximum atomic E-state index is 12.8. The van der Waals surface area contributed by atoms with Gasteiger partial charge in [-0.05, 0) is 24.3 Å². The van der Waals surface area contributed by atoms with Gasteiger partial charge in [0.15, 0.2) is 5.76 Å². The molecule has 2 amide bonds. The highest BCUT2D eigenvalue weighted by atomic mass is 19.4. The predicted octanol–water partition coefficient (Wildman–Crippen LogP) is 2.14. The van der Waals surface area contributed by atoms with E-state index in [2.05, 4.69) is 15.5 Å². The Kier molecular flexibility index (Phi) is 7.11. The molecule has 2 aromatic rings. The van der Waals surface area contributed by atoms with Gasteiger partial charge in [-0.3, -0.25) is 14.5 Å². The molecule has 7 nitrogen and oxygen atoms in total. The molecule has 3 rings (SSSR count).